The Balaban J connectivity index is 2.10. The van der Waals surface area contributed by atoms with E-state index in [2.05, 4.69) is 17.5 Å². The first kappa shape index (κ1) is 5.45. The van der Waals surface area contributed by atoms with Crippen LogP contribution in [-0.4, -0.2) is 25.8 Å². The average Bonchev–Trinajstić information content (AvgIpc) is 2.33. The van der Waals surface area contributed by atoms with E-state index >= 15 is 0 Å². The second-order valence-corrected chi connectivity index (χ2v) is 2.64. The Morgan fingerprint density at radius 2 is 2.44 bits per heavy atom. The Morgan fingerprint density at radius 1 is 1.44 bits per heavy atom. The molecular weight excluding hydrogens is 114 g/mol. The Bertz CT molecular complexity index is 133. The molecular formula is C7H11NO. The second kappa shape index (κ2) is 2.12. The van der Waals surface area contributed by atoms with Gasteiger partial charge in [0, 0.05) is 18.5 Å². The number of fused-ring (bicyclic) bond motifs is 1. The van der Waals surface area contributed by atoms with Crippen molar-refractivity contribution in [2.45, 2.75) is 6.04 Å². The topological polar surface area (TPSA) is 21.3 Å². The van der Waals surface area contributed by atoms with Crippen molar-refractivity contribution >= 4 is 0 Å². The van der Waals surface area contributed by atoms with E-state index in [9.17, 15) is 0 Å². The zero-order chi connectivity index (χ0) is 6.10. The minimum Gasteiger partial charge on any atom is -0.379 e. The van der Waals surface area contributed by atoms with Crippen molar-refractivity contribution in [3.8, 4) is 0 Å². The Hall–Kier alpha value is -0.340. The molecule has 0 radical (unpaired) electrons. The highest BCUT2D eigenvalue weighted by Crippen LogP contribution is 2.16. The van der Waals surface area contributed by atoms with Crippen LogP contribution in [0.5, 0.6) is 0 Å². The summed E-state index contributed by atoms with van der Waals surface area (Å²) in [5, 5.41) is 3.37. The molecule has 1 fully saturated rings. The first-order valence-corrected chi connectivity index (χ1v) is 3.44. The van der Waals surface area contributed by atoms with Crippen LogP contribution >= 0.6 is 0 Å². The third-order valence-electron chi connectivity index (χ3n) is 2.01. The van der Waals surface area contributed by atoms with Crippen molar-refractivity contribution < 1.29 is 4.74 Å². The van der Waals surface area contributed by atoms with Gasteiger partial charge in [-0.15, -0.1) is 0 Å². The van der Waals surface area contributed by atoms with E-state index in [4.69, 9.17) is 4.74 Å². The van der Waals surface area contributed by atoms with E-state index in [1.165, 1.54) is 0 Å². The fraction of sp³-hybridized carbons (Fsp3) is 0.714. The summed E-state index contributed by atoms with van der Waals surface area (Å²) in [4.78, 5) is 0. The van der Waals surface area contributed by atoms with Crippen LogP contribution in [0.25, 0.3) is 0 Å². The molecule has 0 bridgehead atoms. The molecule has 0 amide bonds. The van der Waals surface area contributed by atoms with E-state index in [1.807, 2.05) is 0 Å². The van der Waals surface area contributed by atoms with Crippen LogP contribution in [0, 0.1) is 5.92 Å². The summed E-state index contributed by atoms with van der Waals surface area (Å²) < 4.78 is 5.28. The summed E-state index contributed by atoms with van der Waals surface area (Å²) in [5.41, 5.74) is 0. The van der Waals surface area contributed by atoms with Crippen LogP contribution in [0.3, 0.4) is 0 Å². The molecule has 1 N–H and O–H groups in total. The van der Waals surface area contributed by atoms with Gasteiger partial charge in [0.25, 0.3) is 0 Å². The number of hydrogen-bond donors (Lipinski definition) is 1. The fourth-order valence-corrected chi connectivity index (χ4v) is 1.43. The molecule has 0 aromatic carbocycles. The molecule has 0 aliphatic carbocycles. The quantitative estimate of drug-likeness (QED) is 0.466. The van der Waals surface area contributed by atoms with E-state index in [0.717, 1.165) is 19.8 Å². The zero-order valence-electron chi connectivity index (χ0n) is 5.34. The summed E-state index contributed by atoms with van der Waals surface area (Å²) in [6.07, 6.45) is 4.43. The van der Waals surface area contributed by atoms with Gasteiger partial charge in [-0.3, -0.25) is 0 Å². The van der Waals surface area contributed by atoms with E-state index in [-0.39, 0.29) is 0 Å². The molecule has 2 rings (SSSR count). The molecule has 2 nitrogen and oxygen atoms in total. The lowest BCUT2D eigenvalue weighted by atomic mass is 10.0. The lowest BCUT2D eigenvalue weighted by Gasteiger charge is -2.18. The van der Waals surface area contributed by atoms with Gasteiger partial charge in [0.15, 0.2) is 0 Å². The highest BCUT2D eigenvalue weighted by atomic mass is 16.5. The number of ether oxygens (including phenoxy) is 1. The average molecular weight is 125 g/mol. The SMILES string of the molecule is C1=C[C@H]2COC[C@H]2NC1. The predicted octanol–water partition coefficient (Wildman–Crippen LogP) is 0.161. The molecule has 50 valence electrons. The minimum absolute atomic E-state index is 0.606. The van der Waals surface area contributed by atoms with Gasteiger partial charge in [0.2, 0.25) is 0 Å². The molecule has 0 aromatic rings. The first-order chi connectivity index (χ1) is 4.47. The summed E-state index contributed by atoms with van der Waals surface area (Å²) in [6.45, 7) is 2.83. The summed E-state index contributed by atoms with van der Waals surface area (Å²) in [7, 11) is 0. The standard InChI is InChI=1S/C7H11NO/c1-2-6-4-9-5-7(6)8-3-1/h1-2,6-8H,3-5H2/t6-,7+/m0/s1. The van der Waals surface area contributed by atoms with Crippen molar-refractivity contribution in [3.05, 3.63) is 12.2 Å². The van der Waals surface area contributed by atoms with Gasteiger partial charge in [-0.1, -0.05) is 12.2 Å². The molecule has 2 heteroatoms. The van der Waals surface area contributed by atoms with Gasteiger partial charge >= 0.3 is 0 Å². The largest absolute Gasteiger partial charge is 0.379 e. The van der Waals surface area contributed by atoms with Crippen LogP contribution in [0.2, 0.25) is 0 Å². The molecule has 0 aromatic heterocycles. The molecule has 2 atom stereocenters. The van der Waals surface area contributed by atoms with Gasteiger partial charge in [0.05, 0.1) is 13.2 Å². The number of hydrogen-bond acceptors (Lipinski definition) is 2. The van der Waals surface area contributed by atoms with Crippen molar-refractivity contribution in [1.29, 1.82) is 0 Å². The lowest BCUT2D eigenvalue weighted by molar-refractivity contribution is 0.187. The molecule has 2 aliphatic heterocycles. The number of rotatable bonds is 0. The molecule has 2 heterocycles. The minimum atomic E-state index is 0.606. The molecule has 2 aliphatic rings. The predicted molar refractivity (Wildman–Crippen MR) is 35.2 cm³/mol. The normalized spacial score (nSPS) is 40.9. The third-order valence-corrected chi connectivity index (χ3v) is 2.01. The van der Waals surface area contributed by atoms with Gasteiger partial charge in [-0.2, -0.15) is 0 Å². The van der Waals surface area contributed by atoms with Crippen LogP contribution < -0.4 is 5.32 Å². The van der Waals surface area contributed by atoms with E-state index < -0.39 is 0 Å². The molecule has 0 spiro atoms. The van der Waals surface area contributed by atoms with Gasteiger partial charge in [0.1, 0.15) is 0 Å². The fourth-order valence-electron chi connectivity index (χ4n) is 1.43. The Morgan fingerprint density at radius 3 is 3.33 bits per heavy atom. The Labute approximate surface area is 54.9 Å². The van der Waals surface area contributed by atoms with Crippen LogP contribution in [-0.2, 0) is 4.74 Å². The summed E-state index contributed by atoms with van der Waals surface area (Å²) in [6, 6.07) is 0.606. The summed E-state index contributed by atoms with van der Waals surface area (Å²) in [5.74, 6) is 0.652. The zero-order valence-corrected chi connectivity index (χ0v) is 5.34. The highest BCUT2D eigenvalue weighted by molar-refractivity contribution is 5.03. The van der Waals surface area contributed by atoms with Gasteiger partial charge in [-0.05, 0) is 0 Å². The van der Waals surface area contributed by atoms with E-state index in [1.54, 1.807) is 0 Å². The first-order valence-electron chi connectivity index (χ1n) is 3.44. The lowest BCUT2D eigenvalue weighted by Crippen LogP contribution is -2.37. The van der Waals surface area contributed by atoms with Crippen molar-refractivity contribution in [3.63, 3.8) is 0 Å². The van der Waals surface area contributed by atoms with Crippen LogP contribution in [0.15, 0.2) is 12.2 Å². The van der Waals surface area contributed by atoms with Gasteiger partial charge in [-0.25, -0.2) is 0 Å². The molecule has 0 unspecified atom stereocenters. The van der Waals surface area contributed by atoms with Crippen molar-refractivity contribution in [2.75, 3.05) is 19.8 Å². The van der Waals surface area contributed by atoms with E-state index in [0.29, 0.717) is 12.0 Å². The molecule has 0 saturated carbocycles. The summed E-state index contributed by atoms with van der Waals surface area (Å²) >= 11 is 0. The Kier molecular flexibility index (Phi) is 1.28. The second-order valence-electron chi connectivity index (χ2n) is 2.64. The maximum Gasteiger partial charge on any atom is 0.0626 e. The van der Waals surface area contributed by atoms with Crippen molar-refractivity contribution in [2.24, 2.45) is 5.92 Å². The third kappa shape index (κ3) is 0.884. The van der Waals surface area contributed by atoms with Crippen LogP contribution in [0.1, 0.15) is 0 Å². The van der Waals surface area contributed by atoms with Crippen LogP contribution in [0.4, 0.5) is 0 Å². The maximum atomic E-state index is 5.28. The highest BCUT2D eigenvalue weighted by Gasteiger charge is 2.26. The monoisotopic (exact) mass is 125 g/mol. The molecule has 1 saturated heterocycles. The van der Waals surface area contributed by atoms with Crippen molar-refractivity contribution in [1.82, 2.24) is 5.32 Å². The maximum absolute atomic E-state index is 5.28. The molecule has 9 heavy (non-hydrogen) atoms. The van der Waals surface area contributed by atoms with Gasteiger partial charge < -0.3 is 10.1 Å². The number of nitrogens with one attached hydrogen (secondary N) is 1. The smallest absolute Gasteiger partial charge is 0.0626 e.